The summed E-state index contributed by atoms with van der Waals surface area (Å²) < 4.78 is 1.26. The molecule has 0 saturated carbocycles. The second-order valence-corrected chi connectivity index (χ2v) is 6.68. The number of carbonyl (C=O) groups excluding carboxylic acids is 1. The normalized spacial score (nSPS) is 19.5. The Morgan fingerprint density at radius 1 is 1.19 bits per heavy atom. The number of benzene rings is 1. The molecule has 138 valence electrons. The number of H-pyrrole nitrogens is 1. The number of fused-ring (bicyclic) bond motifs is 1. The lowest BCUT2D eigenvalue weighted by molar-refractivity contribution is -0.141. The average Bonchev–Trinajstić information content (AvgIpc) is 3.26. The Labute approximate surface area is 154 Å². The molecule has 0 spiro atoms. The number of amides is 1. The van der Waals surface area contributed by atoms with Gasteiger partial charge in [-0.05, 0) is 23.8 Å². The molecule has 4 rings (SSSR count). The van der Waals surface area contributed by atoms with E-state index in [1.54, 1.807) is 42.7 Å². The summed E-state index contributed by atoms with van der Waals surface area (Å²) in [5, 5.41) is 13.0. The van der Waals surface area contributed by atoms with E-state index in [0.29, 0.717) is 10.9 Å². The van der Waals surface area contributed by atoms with Gasteiger partial charge in [-0.25, -0.2) is 4.68 Å². The van der Waals surface area contributed by atoms with Crippen molar-refractivity contribution in [3.8, 4) is 0 Å². The van der Waals surface area contributed by atoms with E-state index in [1.807, 2.05) is 6.07 Å². The van der Waals surface area contributed by atoms with Gasteiger partial charge >= 0.3 is 5.97 Å². The molecule has 8 nitrogen and oxygen atoms in total. The molecular formula is C19H18N4O4. The van der Waals surface area contributed by atoms with Crippen LogP contribution in [0, 0.1) is 5.92 Å². The summed E-state index contributed by atoms with van der Waals surface area (Å²) in [6.45, 7) is 0.249. The Morgan fingerprint density at radius 3 is 2.70 bits per heavy atom. The van der Waals surface area contributed by atoms with Gasteiger partial charge in [0.2, 0.25) is 5.91 Å². The summed E-state index contributed by atoms with van der Waals surface area (Å²) in [5.74, 6) is -2.25. The standard InChI is InChI=1S/C19H18N4O4/c24-17(11-23-18(25)13-5-1-2-6-16(13)21-23)22-9-14(15(10-22)19(26)27)12-4-3-7-20-8-12/h1-8,14-15,21H,9-11H2,(H,26,27)/t14-,15+/m0/s1. The Morgan fingerprint density at radius 2 is 2.00 bits per heavy atom. The van der Waals surface area contributed by atoms with Crippen molar-refractivity contribution in [3.05, 3.63) is 64.7 Å². The van der Waals surface area contributed by atoms with E-state index >= 15 is 0 Å². The first-order valence-electron chi connectivity index (χ1n) is 8.62. The maximum Gasteiger partial charge on any atom is 0.308 e. The number of hydrogen-bond donors (Lipinski definition) is 2. The number of carboxylic acids is 1. The fourth-order valence-electron chi connectivity index (χ4n) is 3.65. The van der Waals surface area contributed by atoms with Crippen LogP contribution in [0.1, 0.15) is 11.5 Å². The van der Waals surface area contributed by atoms with Gasteiger partial charge in [0.25, 0.3) is 5.56 Å². The summed E-state index contributed by atoms with van der Waals surface area (Å²) in [6, 6.07) is 10.6. The molecule has 8 heteroatoms. The Balaban J connectivity index is 1.56. The molecular weight excluding hydrogens is 348 g/mol. The lowest BCUT2D eigenvalue weighted by atomic mass is 9.90. The maximum atomic E-state index is 12.7. The van der Waals surface area contributed by atoms with Crippen molar-refractivity contribution in [2.45, 2.75) is 12.5 Å². The molecule has 27 heavy (non-hydrogen) atoms. The summed E-state index contributed by atoms with van der Waals surface area (Å²) in [4.78, 5) is 42.3. The summed E-state index contributed by atoms with van der Waals surface area (Å²) in [7, 11) is 0. The van der Waals surface area contributed by atoms with E-state index in [1.165, 1.54) is 9.58 Å². The van der Waals surface area contributed by atoms with E-state index in [9.17, 15) is 19.5 Å². The zero-order valence-electron chi connectivity index (χ0n) is 14.4. The van der Waals surface area contributed by atoms with Crippen LogP contribution in [0.15, 0.2) is 53.6 Å². The first-order valence-corrected chi connectivity index (χ1v) is 8.62. The second-order valence-electron chi connectivity index (χ2n) is 6.68. The Bertz CT molecular complexity index is 1060. The van der Waals surface area contributed by atoms with Crippen molar-refractivity contribution in [1.29, 1.82) is 0 Å². The topological polar surface area (TPSA) is 108 Å². The predicted octanol–water partition coefficient (Wildman–Crippen LogP) is 1.05. The molecule has 0 aliphatic carbocycles. The van der Waals surface area contributed by atoms with Gasteiger partial charge in [-0.1, -0.05) is 18.2 Å². The zero-order chi connectivity index (χ0) is 19.0. The van der Waals surface area contributed by atoms with Gasteiger partial charge < -0.3 is 10.0 Å². The summed E-state index contributed by atoms with van der Waals surface area (Å²) >= 11 is 0. The monoisotopic (exact) mass is 366 g/mol. The summed E-state index contributed by atoms with van der Waals surface area (Å²) in [6.07, 6.45) is 3.26. The van der Waals surface area contributed by atoms with E-state index in [-0.39, 0.29) is 37.0 Å². The minimum atomic E-state index is -0.943. The maximum absolute atomic E-state index is 12.7. The molecule has 1 amide bonds. The van der Waals surface area contributed by atoms with Crippen molar-refractivity contribution in [2.24, 2.45) is 5.92 Å². The highest BCUT2D eigenvalue weighted by atomic mass is 16.4. The molecule has 0 radical (unpaired) electrons. The third-order valence-electron chi connectivity index (χ3n) is 5.05. The van der Waals surface area contributed by atoms with Gasteiger partial charge in [0.1, 0.15) is 6.54 Å². The van der Waals surface area contributed by atoms with Crippen molar-refractivity contribution in [2.75, 3.05) is 13.1 Å². The summed E-state index contributed by atoms with van der Waals surface area (Å²) in [5.41, 5.74) is 1.19. The molecule has 1 aliphatic rings. The van der Waals surface area contributed by atoms with E-state index in [0.717, 1.165) is 5.56 Å². The average molecular weight is 366 g/mol. The molecule has 1 saturated heterocycles. The molecule has 2 aromatic heterocycles. The third kappa shape index (κ3) is 3.10. The van der Waals surface area contributed by atoms with Crippen LogP contribution in [0.5, 0.6) is 0 Å². The molecule has 2 N–H and O–H groups in total. The van der Waals surface area contributed by atoms with Gasteiger partial charge in [-0.3, -0.25) is 24.5 Å². The fraction of sp³-hybridized carbons (Fsp3) is 0.263. The minimum absolute atomic E-state index is 0.114. The van der Waals surface area contributed by atoms with Gasteiger partial charge in [-0.15, -0.1) is 0 Å². The van der Waals surface area contributed by atoms with Crippen LogP contribution in [0.4, 0.5) is 0 Å². The van der Waals surface area contributed by atoms with Gasteiger partial charge in [0.15, 0.2) is 0 Å². The highest BCUT2D eigenvalue weighted by Gasteiger charge is 2.40. The van der Waals surface area contributed by atoms with Crippen molar-refractivity contribution >= 4 is 22.8 Å². The van der Waals surface area contributed by atoms with Crippen LogP contribution in [0.25, 0.3) is 10.9 Å². The molecule has 3 aromatic rings. The molecule has 1 aromatic carbocycles. The van der Waals surface area contributed by atoms with E-state index < -0.39 is 11.9 Å². The number of aromatic amines is 1. The van der Waals surface area contributed by atoms with Crippen molar-refractivity contribution in [3.63, 3.8) is 0 Å². The van der Waals surface area contributed by atoms with E-state index in [4.69, 9.17) is 0 Å². The number of carboxylic acid groups (broad SMARTS) is 1. The number of carbonyl (C=O) groups is 2. The number of pyridine rings is 1. The van der Waals surface area contributed by atoms with Crippen molar-refractivity contribution < 1.29 is 14.7 Å². The Hall–Kier alpha value is -3.42. The largest absolute Gasteiger partial charge is 0.481 e. The van der Waals surface area contributed by atoms with Crippen LogP contribution in [-0.4, -0.2) is 49.7 Å². The molecule has 3 heterocycles. The molecule has 0 bridgehead atoms. The number of rotatable bonds is 4. The number of aliphatic carboxylic acids is 1. The number of nitrogens with one attached hydrogen (secondary N) is 1. The lowest BCUT2D eigenvalue weighted by Crippen LogP contribution is -2.35. The minimum Gasteiger partial charge on any atom is -0.481 e. The van der Waals surface area contributed by atoms with Gasteiger partial charge in [-0.2, -0.15) is 0 Å². The van der Waals surface area contributed by atoms with E-state index in [2.05, 4.69) is 10.1 Å². The van der Waals surface area contributed by atoms with Gasteiger partial charge in [0.05, 0.1) is 16.8 Å². The lowest BCUT2D eigenvalue weighted by Gasteiger charge is -2.16. The fourth-order valence-corrected chi connectivity index (χ4v) is 3.65. The van der Waals surface area contributed by atoms with Crippen LogP contribution in [0.2, 0.25) is 0 Å². The third-order valence-corrected chi connectivity index (χ3v) is 5.05. The smallest absolute Gasteiger partial charge is 0.308 e. The number of para-hydroxylation sites is 1. The quantitative estimate of drug-likeness (QED) is 0.718. The highest BCUT2D eigenvalue weighted by Crippen LogP contribution is 2.32. The SMILES string of the molecule is O=C(O)[C@@H]1CN(C(=O)Cn2[nH]c3ccccc3c2=O)C[C@H]1c1cccnc1. The Kier molecular flexibility index (Phi) is 4.23. The van der Waals surface area contributed by atoms with Crippen LogP contribution in [-0.2, 0) is 16.1 Å². The van der Waals surface area contributed by atoms with Crippen LogP contribution >= 0.6 is 0 Å². The highest BCUT2D eigenvalue weighted by molar-refractivity contribution is 5.81. The number of likely N-dealkylation sites (tertiary alicyclic amines) is 1. The predicted molar refractivity (Wildman–Crippen MR) is 97.2 cm³/mol. The zero-order valence-corrected chi connectivity index (χ0v) is 14.4. The van der Waals surface area contributed by atoms with Crippen LogP contribution < -0.4 is 5.56 Å². The number of hydrogen-bond acceptors (Lipinski definition) is 4. The molecule has 1 aliphatic heterocycles. The molecule has 1 fully saturated rings. The number of nitrogens with zero attached hydrogens (tertiary/aromatic N) is 3. The van der Waals surface area contributed by atoms with Crippen LogP contribution in [0.3, 0.4) is 0 Å². The van der Waals surface area contributed by atoms with Crippen molar-refractivity contribution in [1.82, 2.24) is 19.7 Å². The molecule has 0 unspecified atom stereocenters. The van der Waals surface area contributed by atoms with Gasteiger partial charge in [0, 0.05) is 31.4 Å². The second kappa shape index (κ2) is 6.71. The number of aromatic nitrogens is 3. The first kappa shape index (κ1) is 17.0. The first-order chi connectivity index (χ1) is 13.0. The molecule has 2 atom stereocenters.